The lowest BCUT2D eigenvalue weighted by Crippen LogP contribution is -2.36. The summed E-state index contributed by atoms with van der Waals surface area (Å²) in [6.45, 7) is 5.81. The van der Waals surface area contributed by atoms with Gasteiger partial charge in [-0.2, -0.15) is 0 Å². The van der Waals surface area contributed by atoms with E-state index in [4.69, 9.17) is 14.9 Å². The number of methoxy groups -OCH3 is 1. The van der Waals surface area contributed by atoms with Crippen LogP contribution in [0.1, 0.15) is 32.1 Å². The van der Waals surface area contributed by atoms with Gasteiger partial charge in [-0.1, -0.05) is 36.4 Å². The zero-order valence-electron chi connectivity index (χ0n) is 18.9. The van der Waals surface area contributed by atoms with Crippen molar-refractivity contribution in [2.24, 2.45) is 5.41 Å². The topological polar surface area (TPSA) is 96.7 Å². The second-order valence-electron chi connectivity index (χ2n) is 8.70. The van der Waals surface area contributed by atoms with Crippen LogP contribution in [0.3, 0.4) is 0 Å². The summed E-state index contributed by atoms with van der Waals surface area (Å²) < 4.78 is 7.35. The van der Waals surface area contributed by atoms with Crippen molar-refractivity contribution >= 4 is 28.8 Å². The normalized spacial score (nSPS) is 24.2. The Balaban J connectivity index is 1.67. The van der Waals surface area contributed by atoms with Crippen LogP contribution in [-0.2, 0) is 20.9 Å². The number of allylic oxidation sites excluding steroid dienone is 3. The van der Waals surface area contributed by atoms with E-state index in [1.165, 1.54) is 0 Å². The zero-order chi connectivity index (χ0) is 23.4. The van der Waals surface area contributed by atoms with Gasteiger partial charge in [-0.25, -0.2) is 10.5 Å². The largest absolute Gasteiger partial charge is 0.383 e. The minimum atomic E-state index is -0.593. The Labute approximate surface area is 193 Å². The third-order valence-electron chi connectivity index (χ3n) is 6.52. The summed E-state index contributed by atoms with van der Waals surface area (Å²) in [5.41, 5.74) is 3.91. The monoisotopic (exact) mass is 450 g/mol. The Hall–Kier alpha value is -3.23. The highest BCUT2D eigenvalue weighted by atomic mass is 16.5. The van der Waals surface area contributed by atoms with Gasteiger partial charge in [-0.15, -0.1) is 0 Å². The van der Waals surface area contributed by atoms with E-state index in [0.717, 1.165) is 30.3 Å². The molecular formula is C25H30N4O4. The summed E-state index contributed by atoms with van der Waals surface area (Å²) in [4.78, 5) is 32.5. The van der Waals surface area contributed by atoms with Gasteiger partial charge in [0.15, 0.2) is 0 Å². The Morgan fingerprint density at radius 3 is 2.94 bits per heavy atom. The highest BCUT2D eigenvalue weighted by Gasteiger charge is 2.47. The first kappa shape index (κ1) is 22.9. The van der Waals surface area contributed by atoms with E-state index in [1.54, 1.807) is 29.6 Å². The Morgan fingerprint density at radius 2 is 2.15 bits per heavy atom. The number of anilines is 1. The average molecular weight is 451 g/mol. The molecule has 4 rings (SSSR count). The molecule has 8 heteroatoms. The molecule has 0 saturated carbocycles. The van der Waals surface area contributed by atoms with Gasteiger partial charge in [0.1, 0.15) is 0 Å². The Kier molecular flexibility index (Phi) is 6.76. The smallest absolute Gasteiger partial charge is 0.274 e. The molecule has 174 valence electrons. The second-order valence-corrected chi connectivity index (χ2v) is 8.70. The molecule has 1 atom stereocenters. The SMILES string of the molecule is C=C1/C=C(C(=O)NO)\C=C/CCC[C@@]2(CCN(c3nc4ccccc4n3CCOC)C2=O)C1. The number of para-hydroxylation sites is 2. The van der Waals surface area contributed by atoms with Crippen LogP contribution >= 0.6 is 0 Å². The van der Waals surface area contributed by atoms with Crippen molar-refractivity contribution in [2.75, 3.05) is 25.2 Å². The fourth-order valence-corrected chi connectivity index (χ4v) is 4.90. The molecule has 1 saturated heterocycles. The maximum Gasteiger partial charge on any atom is 0.274 e. The summed E-state index contributed by atoms with van der Waals surface area (Å²) in [5.74, 6) is 0.102. The Morgan fingerprint density at radius 1 is 1.33 bits per heavy atom. The highest BCUT2D eigenvalue weighted by molar-refractivity contribution is 6.00. The number of fused-ring (bicyclic) bond motifs is 1. The number of carbonyl (C=O) groups is 2. The number of amides is 2. The number of carbonyl (C=O) groups excluding carboxylic acids is 2. The van der Waals surface area contributed by atoms with E-state index in [1.807, 2.05) is 30.3 Å². The van der Waals surface area contributed by atoms with Crippen LogP contribution in [0, 0.1) is 5.41 Å². The minimum absolute atomic E-state index is 0.0451. The van der Waals surface area contributed by atoms with E-state index in [9.17, 15) is 9.59 Å². The number of hydrogen-bond acceptors (Lipinski definition) is 5. The summed E-state index contributed by atoms with van der Waals surface area (Å²) in [6, 6.07) is 7.87. The fourth-order valence-electron chi connectivity index (χ4n) is 4.90. The number of hydroxylamine groups is 1. The fraction of sp³-hybridized carbons (Fsp3) is 0.400. The molecule has 1 aromatic carbocycles. The zero-order valence-corrected chi connectivity index (χ0v) is 18.9. The van der Waals surface area contributed by atoms with Crippen molar-refractivity contribution in [3.8, 4) is 0 Å². The number of hydrogen-bond donors (Lipinski definition) is 2. The number of nitrogens with zero attached hydrogens (tertiary/aromatic N) is 3. The summed E-state index contributed by atoms with van der Waals surface area (Å²) in [7, 11) is 1.66. The van der Waals surface area contributed by atoms with E-state index in [-0.39, 0.29) is 5.91 Å². The van der Waals surface area contributed by atoms with E-state index in [2.05, 4.69) is 11.1 Å². The second kappa shape index (κ2) is 9.72. The highest BCUT2D eigenvalue weighted by Crippen LogP contribution is 2.44. The lowest BCUT2D eigenvalue weighted by Gasteiger charge is -2.28. The standard InChI is InChI=1S/C25H30N4O4/c1-18-16-19(22(30)27-32)8-4-3-7-11-25(17-18)12-13-29(23(25)31)24-26-20-9-5-6-10-21(20)28(24)14-15-33-2/h4-6,8-10,16,32H,1,3,7,11-15,17H2,2H3,(H,27,30)/b8-4-,19-16+/t25-/m1/s1. The molecule has 2 aliphatic rings. The van der Waals surface area contributed by atoms with Gasteiger partial charge >= 0.3 is 0 Å². The molecule has 1 aromatic heterocycles. The molecule has 1 aliphatic heterocycles. The molecule has 2 aromatic rings. The van der Waals surface area contributed by atoms with Gasteiger partial charge in [0, 0.05) is 25.8 Å². The maximum absolute atomic E-state index is 13.9. The summed E-state index contributed by atoms with van der Waals surface area (Å²) in [6.07, 6.45) is 8.68. The minimum Gasteiger partial charge on any atom is -0.383 e. The average Bonchev–Trinajstić information content (AvgIpc) is 3.33. The first-order valence-electron chi connectivity index (χ1n) is 11.3. The molecule has 0 radical (unpaired) electrons. The number of benzene rings is 1. The van der Waals surface area contributed by atoms with Crippen molar-refractivity contribution < 1.29 is 19.5 Å². The first-order valence-corrected chi connectivity index (χ1v) is 11.3. The number of nitrogens with one attached hydrogen (secondary N) is 1. The third kappa shape index (κ3) is 4.49. The van der Waals surface area contributed by atoms with Gasteiger partial charge in [-0.05, 0) is 50.3 Å². The molecule has 2 amide bonds. The Bertz CT molecular complexity index is 1130. The number of aromatic nitrogens is 2. The molecule has 1 aliphatic carbocycles. The molecule has 33 heavy (non-hydrogen) atoms. The number of rotatable bonds is 5. The molecule has 0 bridgehead atoms. The van der Waals surface area contributed by atoms with E-state index < -0.39 is 11.3 Å². The molecule has 2 heterocycles. The number of ether oxygens (including phenoxy) is 1. The van der Waals surface area contributed by atoms with Crippen molar-refractivity contribution in [3.05, 3.63) is 60.2 Å². The lowest BCUT2D eigenvalue weighted by atomic mass is 9.75. The molecule has 0 unspecified atom stereocenters. The van der Waals surface area contributed by atoms with E-state index in [0.29, 0.717) is 49.6 Å². The molecule has 8 nitrogen and oxygen atoms in total. The van der Waals surface area contributed by atoms with Crippen molar-refractivity contribution in [2.45, 2.75) is 38.6 Å². The number of imidazole rings is 1. The van der Waals surface area contributed by atoms with Gasteiger partial charge in [-0.3, -0.25) is 19.7 Å². The molecular weight excluding hydrogens is 420 g/mol. The van der Waals surface area contributed by atoms with Crippen LogP contribution < -0.4 is 10.4 Å². The third-order valence-corrected chi connectivity index (χ3v) is 6.52. The van der Waals surface area contributed by atoms with Crippen LogP contribution in [-0.4, -0.2) is 46.8 Å². The molecule has 1 fully saturated rings. The van der Waals surface area contributed by atoms with Gasteiger partial charge in [0.25, 0.3) is 5.91 Å². The summed E-state index contributed by atoms with van der Waals surface area (Å²) in [5, 5.41) is 9.03. The lowest BCUT2D eigenvalue weighted by molar-refractivity contribution is -0.126. The van der Waals surface area contributed by atoms with Crippen molar-refractivity contribution in [3.63, 3.8) is 0 Å². The van der Waals surface area contributed by atoms with Gasteiger partial charge in [0.2, 0.25) is 11.9 Å². The van der Waals surface area contributed by atoms with Crippen LogP contribution in [0.4, 0.5) is 5.95 Å². The van der Waals surface area contributed by atoms with Crippen LogP contribution in [0.25, 0.3) is 11.0 Å². The predicted molar refractivity (Wildman–Crippen MR) is 126 cm³/mol. The van der Waals surface area contributed by atoms with Gasteiger partial charge < -0.3 is 9.30 Å². The molecule has 2 N–H and O–H groups in total. The van der Waals surface area contributed by atoms with Crippen LogP contribution in [0.15, 0.2) is 60.2 Å². The quantitative estimate of drug-likeness (QED) is 0.537. The molecule has 1 spiro atoms. The van der Waals surface area contributed by atoms with Crippen LogP contribution in [0.2, 0.25) is 0 Å². The van der Waals surface area contributed by atoms with Crippen molar-refractivity contribution in [1.82, 2.24) is 15.0 Å². The summed E-state index contributed by atoms with van der Waals surface area (Å²) >= 11 is 0. The van der Waals surface area contributed by atoms with Crippen molar-refractivity contribution in [1.29, 1.82) is 0 Å². The first-order chi connectivity index (χ1) is 16.0. The maximum atomic E-state index is 13.9. The predicted octanol–water partition coefficient (Wildman–Crippen LogP) is 3.52. The van der Waals surface area contributed by atoms with Gasteiger partial charge in [0.05, 0.1) is 23.1 Å². The van der Waals surface area contributed by atoms with E-state index >= 15 is 0 Å². The van der Waals surface area contributed by atoms with Crippen LogP contribution in [0.5, 0.6) is 0 Å².